The molecule has 0 aliphatic rings. The second-order valence-electron chi connectivity index (χ2n) is 1.80. The fourth-order valence-electron chi connectivity index (χ4n) is 0.666. The first-order valence-electron chi connectivity index (χ1n) is 3.15. The number of thioether (sulfide) groups is 1. The molecule has 1 heterocycles. The molecule has 10 heavy (non-hydrogen) atoms. The van der Waals surface area contributed by atoms with Crippen molar-refractivity contribution in [3.05, 3.63) is 24.0 Å². The highest BCUT2D eigenvalue weighted by molar-refractivity contribution is 8.14. The summed E-state index contributed by atoms with van der Waals surface area (Å²) in [7, 11) is 0. The zero-order valence-corrected chi connectivity index (χ0v) is 6.57. The molecular weight excluding hydrogens is 146 g/mol. The largest absolute Gasteiger partial charge is 0.358 e. The van der Waals surface area contributed by atoms with Gasteiger partial charge in [0, 0.05) is 6.20 Å². The molecule has 0 bridgehead atoms. The van der Waals surface area contributed by atoms with Gasteiger partial charge in [-0.3, -0.25) is 4.79 Å². The molecule has 0 aliphatic carbocycles. The molecule has 0 saturated carbocycles. The van der Waals surface area contributed by atoms with Crippen LogP contribution in [0.2, 0.25) is 0 Å². The van der Waals surface area contributed by atoms with Gasteiger partial charge in [-0.05, 0) is 17.9 Å². The van der Waals surface area contributed by atoms with Crippen LogP contribution in [0.25, 0.3) is 0 Å². The zero-order valence-electron chi connectivity index (χ0n) is 5.76. The van der Waals surface area contributed by atoms with E-state index in [1.807, 2.05) is 13.0 Å². The van der Waals surface area contributed by atoms with E-state index in [9.17, 15) is 4.79 Å². The summed E-state index contributed by atoms with van der Waals surface area (Å²) in [4.78, 5) is 13.9. The van der Waals surface area contributed by atoms with E-state index in [1.54, 1.807) is 12.3 Å². The summed E-state index contributed by atoms with van der Waals surface area (Å²) in [6.45, 7) is 1.96. The number of aromatic amines is 1. The van der Waals surface area contributed by atoms with Gasteiger partial charge >= 0.3 is 0 Å². The maximum absolute atomic E-state index is 11.0. The van der Waals surface area contributed by atoms with Crippen LogP contribution in [0.5, 0.6) is 0 Å². The normalized spacial score (nSPS) is 9.70. The highest BCUT2D eigenvalue weighted by atomic mass is 32.2. The summed E-state index contributed by atoms with van der Waals surface area (Å²) in [5.74, 6) is 0.831. The van der Waals surface area contributed by atoms with Crippen molar-refractivity contribution in [3.8, 4) is 0 Å². The molecule has 0 atom stereocenters. The van der Waals surface area contributed by atoms with E-state index in [1.165, 1.54) is 11.8 Å². The Hall–Kier alpha value is -0.700. The van der Waals surface area contributed by atoms with E-state index in [4.69, 9.17) is 0 Å². The number of aromatic nitrogens is 1. The van der Waals surface area contributed by atoms with Crippen LogP contribution in [0.15, 0.2) is 18.3 Å². The smallest absolute Gasteiger partial charge is 0.235 e. The van der Waals surface area contributed by atoms with E-state index in [0.29, 0.717) is 5.69 Å². The van der Waals surface area contributed by atoms with Gasteiger partial charge in [0.25, 0.3) is 0 Å². The predicted molar refractivity (Wildman–Crippen MR) is 43.3 cm³/mol. The average molecular weight is 155 g/mol. The van der Waals surface area contributed by atoms with Crippen molar-refractivity contribution >= 4 is 16.9 Å². The molecule has 1 aromatic heterocycles. The Balaban J connectivity index is 2.59. The third-order valence-corrected chi connectivity index (χ3v) is 1.86. The molecule has 0 fully saturated rings. The van der Waals surface area contributed by atoms with Gasteiger partial charge in [0.05, 0.1) is 5.69 Å². The van der Waals surface area contributed by atoms with Crippen LogP contribution in [0.1, 0.15) is 17.4 Å². The minimum atomic E-state index is 0.118. The van der Waals surface area contributed by atoms with E-state index < -0.39 is 0 Å². The number of rotatable bonds is 2. The van der Waals surface area contributed by atoms with Gasteiger partial charge in [0.1, 0.15) is 0 Å². The molecular formula is C7H9NOS. The average Bonchev–Trinajstić information content (AvgIpc) is 2.38. The number of nitrogens with one attached hydrogen (secondary N) is 1. The molecule has 0 saturated heterocycles. The monoisotopic (exact) mass is 155 g/mol. The fourth-order valence-corrected chi connectivity index (χ4v) is 1.21. The Kier molecular flexibility index (Phi) is 2.57. The number of carbonyl (C=O) groups is 1. The van der Waals surface area contributed by atoms with Gasteiger partial charge in [-0.15, -0.1) is 0 Å². The lowest BCUT2D eigenvalue weighted by atomic mass is 10.5. The molecule has 3 heteroatoms. The molecule has 0 aliphatic heterocycles. The third-order valence-electron chi connectivity index (χ3n) is 1.09. The molecule has 0 unspecified atom stereocenters. The Labute approximate surface area is 64.0 Å². The molecule has 1 rings (SSSR count). The Morgan fingerprint density at radius 1 is 1.80 bits per heavy atom. The van der Waals surface area contributed by atoms with E-state index in [-0.39, 0.29) is 5.12 Å². The number of carbonyl (C=O) groups excluding carboxylic acids is 1. The molecule has 1 N–H and O–H groups in total. The quantitative estimate of drug-likeness (QED) is 0.707. The van der Waals surface area contributed by atoms with Crippen LogP contribution in [0, 0.1) is 0 Å². The van der Waals surface area contributed by atoms with E-state index >= 15 is 0 Å². The van der Waals surface area contributed by atoms with E-state index in [0.717, 1.165) is 5.75 Å². The van der Waals surface area contributed by atoms with Gasteiger partial charge in [-0.2, -0.15) is 0 Å². The second kappa shape index (κ2) is 3.46. The van der Waals surface area contributed by atoms with Gasteiger partial charge < -0.3 is 4.98 Å². The minimum absolute atomic E-state index is 0.118. The molecule has 0 aromatic carbocycles. The molecule has 2 nitrogen and oxygen atoms in total. The molecule has 0 amide bonds. The van der Waals surface area contributed by atoms with Crippen molar-refractivity contribution in [1.29, 1.82) is 0 Å². The first-order valence-corrected chi connectivity index (χ1v) is 4.13. The van der Waals surface area contributed by atoms with Crippen molar-refractivity contribution in [3.63, 3.8) is 0 Å². The zero-order chi connectivity index (χ0) is 7.40. The van der Waals surface area contributed by atoms with Gasteiger partial charge in [-0.25, -0.2) is 0 Å². The van der Waals surface area contributed by atoms with Gasteiger partial charge in [0.2, 0.25) is 5.12 Å². The molecule has 54 valence electrons. The van der Waals surface area contributed by atoms with Crippen LogP contribution in [0.4, 0.5) is 0 Å². The summed E-state index contributed by atoms with van der Waals surface area (Å²) in [5, 5.41) is 0.118. The van der Waals surface area contributed by atoms with Crippen molar-refractivity contribution in [2.24, 2.45) is 0 Å². The maximum atomic E-state index is 11.0. The Morgan fingerprint density at radius 3 is 3.10 bits per heavy atom. The van der Waals surface area contributed by atoms with Crippen LogP contribution in [-0.4, -0.2) is 15.9 Å². The third kappa shape index (κ3) is 1.64. The van der Waals surface area contributed by atoms with Crippen molar-refractivity contribution in [2.45, 2.75) is 6.92 Å². The standard InChI is InChI=1S/C7H9NOS/c1-2-10-7(9)6-4-3-5-8-6/h3-5,8H,2H2,1H3. The Morgan fingerprint density at radius 2 is 2.60 bits per heavy atom. The minimum Gasteiger partial charge on any atom is -0.358 e. The van der Waals surface area contributed by atoms with Crippen LogP contribution in [0.3, 0.4) is 0 Å². The lowest BCUT2D eigenvalue weighted by Gasteiger charge is -1.91. The highest BCUT2D eigenvalue weighted by Crippen LogP contribution is 2.08. The van der Waals surface area contributed by atoms with Crippen LogP contribution < -0.4 is 0 Å². The highest BCUT2D eigenvalue weighted by Gasteiger charge is 2.03. The van der Waals surface area contributed by atoms with E-state index in [2.05, 4.69) is 4.98 Å². The first-order chi connectivity index (χ1) is 4.84. The summed E-state index contributed by atoms with van der Waals surface area (Å²) >= 11 is 1.32. The number of H-pyrrole nitrogens is 1. The Bertz CT molecular complexity index is 205. The van der Waals surface area contributed by atoms with Crippen molar-refractivity contribution in [1.82, 2.24) is 4.98 Å². The number of hydrogen-bond acceptors (Lipinski definition) is 2. The fraction of sp³-hybridized carbons (Fsp3) is 0.286. The lowest BCUT2D eigenvalue weighted by Crippen LogP contribution is -1.92. The van der Waals surface area contributed by atoms with Gasteiger partial charge in [0.15, 0.2) is 0 Å². The second-order valence-corrected chi connectivity index (χ2v) is 3.04. The lowest BCUT2D eigenvalue weighted by molar-refractivity contribution is 0.108. The topological polar surface area (TPSA) is 32.9 Å². The summed E-state index contributed by atoms with van der Waals surface area (Å²) in [6.07, 6.45) is 1.75. The predicted octanol–water partition coefficient (Wildman–Crippen LogP) is 1.91. The first kappa shape index (κ1) is 7.41. The summed E-state index contributed by atoms with van der Waals surface area (Å²) < 4.78 is 0. The molecule has 0 radical (unpaired) electrons. The van der Waals surface area contributed by atoms with Gasteiger partial charge in [-0.1, -0.05) is 18.7 Å². The molecule has 1 aromatic rings. The maximum Gasteiger partial charge on any atom is 0.235 e. The van der Waals surface area contributed by atoms with Crippen LogP contribution >= 0.6 is 11.8 Å². The van der Waals surface area contributed by atoms with Crippen molar-refractivity contribution < 1.29 is 4.79 Å². The molecule has 0 spiro atoms. The number of hydrogen-bond donors (Lipinski definition) is 1. The van der Waals surface area contributed by atoms with Crippen LogP contribution in [-0.2, 0) is 0 Å². The van der Waals surface area contributed by atoms with Crippen molar-refractivity contribution in [2.75, 3.05) is 5.75 Å². The summed E-state index contributed by atoms with van der Waals surface area (Å²) in [5.41, 5.74) is 0.687. The SMILES string of the molecule is CCSC(=O)c1ccc[nH]1. The summed E-state index contributed by atoms with van der Waals surface area (Å²) in [6, 6.07) is 3.61.